The van der Waals surface area contributed by atoms with Crippen LogP contribution in [0.5, 0.6) is 0 Å². The van der Waals surface area contributed by atoms with Gasteiger partial charge in [0.1, 0.15) is 12.0 Å². The first-order valence-electron chi connectivity index (χ1n) is 6.69. The van der Waals surface area contributed by atoms with Crippen LogP contribution < -0.4 is 10.6 Å². The first kappa shape index (κ1) is 16.8. The Hall–Kier alpha value is -2.22. The minimum atomic E-state index is -0.567. The van der Waals surface area contributed by atoms with E-state index in [1.807, 2.05) is 32.8 Å². The topological polar surface area (TPSA) is 100 Å². The third kappa shape index (κ3) is 4.99. The van der Waals surface area contributed by atoms with Crippen LogP contribution in [0.3, 0.4) is 0 Å². The molecule has 8 nitrogen and oxygen atoms in total. The summed E-state index contributed by atoms with van der Waals surface area (Å²) in [5, 5.41) is 16.6. The van der Waals surface area contributed by atoms with E-state index >= 15 is 0 Å². The fourth-order valence-corrected chi connectivity index (χ4v) is 1.93. The van der Waals surface area contributed by atoms with E-state index in [1.54, 1.807) is 0 Å². The Bertz CT molecular complexity index is 519. The van der Waals surface area contributed by atoms with Crippen LogP contribution in [0.15, 0.2) is 12.3 Å². The number of amides is 1. The number of hydrogen-bond acceptors (Lipinski definition) is 6. The molecule has 0 aliphatic heterocycles. The summed E-state index contributed by atoms with van der Waals surface area (Å²) in [6.07, 6.45) is 1.14. The second-order valence-corrected chi connectivity index (χ2v) is 5.01. The van der Waals surface area contributed by atoms with Gasteiger partial charge < -0.3 is 15.5 Å². The maximum absolute atomic E-state index is 12.3. The van der Waals surface area contributed by atoms with Crippen molar-refractivity contribution < 1.29 is 9.72 Å². The average Bonchev–Trinajstić information content (AvgIpc) is 2.37. The molecule has 1 aromatic rings. The second kappa shape index (κ2) is 7.53. The Morgan fingerprint density at radius 3 is 2.71 bits per heavy atom. The number of pyridine rings is 1. The van der Waals surface area contributed by atoms with E-state index in [0.717, 1.165) is 6.20 Å². The summed E-state index contributed by atoms with van der Waals surface area (Å²) in [5.74, 6) is -0.0332. The van der Waals surface area contributed by atoms with Crippen LogP contribution in [0, 0.1) is 10.1 Å². The second-order valence-electron chi connectivity index (χ2n) is 5.01. The van der Waals surface area contributed by atoms with Crippen LogP contribution in [0.2, 0.25) is 0 Å². The summed E-state index contributed by atoms with van der Waals surface area (Å²) >= 11 is 0. The lowest BCUT2D eigenvalue weighted by Gasteiger charge is -2.19. The predicted octanol–water partition coefficient (Wildman–Crippen LogP) is 1.10. The maximum atomic E-state index is 12.3. The SMILES string of the molecule is CCNc1ncc([N+](=O)[O-])cc1C(=O)NC(C)CN(C)C. The van der Waals surface area contributed by atoms with E-state index in [-0.39, 0.29) is 23.2 Å². The molecule has 0 fully saturated rings. The summed E-state index contributed by atoms with van der Waals surface area (Å²) in [6.45, 7) is 4.97. The predicted molar refractivity (Wildman–Crippen MR) is 80.5 cm³/mol. The molecule has 1 rings (SSSR count). The molecule has 1 aromatic heterocycles. The van der Waals surface area contributed by atoms with Gasteiger partial charge in [-0.05, 0) is 27.9 Å². The third-order valence-electron chi connectivity index (χ3n) is 2.69. The summed E-state index contributed by atoms with van der Waals surface area (Å²) < 4.78 is 0. The number of likely N-dealkylation sites (N-methyl/N-ethyl adjacent to an activating group) is 1. The van der Waals surface area contributed by atoms with Crippen LogP contribution in [0.4, 0.5) is 11.5 Å². The maximum Gasteiger partial charge on any atom is 0.288 e. The first-order valence-corrected chi connectivity index (χ1v) is 6.69. The number of rotatable bonds is 7. The molecular weight excluding hydrogens is 274 g/mol. The Kier molecular flexibility index (Phi) is 6.04. The van der Waals surface area contributed by atoms with Crippen molar-refractivity contribution in [1.82, 2.24) is 15.2 Å². The molecule has 2 N–H and O–H groups in total. The van der Waals surface area contributed by atoms with Crippen molar-refractivity contribution in [1.29, 1.82) is 0 Å². The summed E-state index contributed by atoms with van der Waals surface area (Å²) in [4.78, 5) is 28.4. The molecular formula is C13H21N5O3. The number of nitrogens with zero attached hydrogens (tertiary/aromatic N) is 3. The van der Waals surface area contributed by atoms with Gasteiger partial charge in [-0.15, -0.1) is 0 Å². The molecule has 0 saturated carbocycles. The van der Waals surface area contributed by atoms with Crippen LogP contribution in [-0.2, 0) is 0 Å². The van der Waals surface area contributed by atoms with Crippen molar-refractivity contribution in [2.24, 2.45) is 0 Å². The molecule has 0 radical (unpaired) electrons. The quantitative estimate of drug-likeness (QED) is 0.577. The molecule has 8 heteroatoms. The molecule has 0 saturated heterocycles. The van der Waals surface area contributed by atoms with Crippen molar-refractivity contribution in [2.75, 3.05) is 32.5 Å². The van der Waals surface area contributed by atoms with E-state index in [9.17, 15) is 14.9 Å². The standard InChI is InChI=1S/C13H21N5O3/c1-5-14-12-11(6-10(7-15-12)18(20)21)13(19)16-9(2)8-17(3)4/h6-7,9H,5,8H2,1-4H3,(H,14,15)(H,16,19). The van der Waals surface area contributed by atoms with Gasteiger partial charge >= 0.3 is 0 Å². The van der Waals surface area contributed by atoms with Gasteiger partial charge in [0.05, 0.1) is 10.5 Å². The smallest absolute Gasteiger partial charge is 0.288 e. The van der Waals surface area contributed by atoms with Gasteiger partial charge in [-0.2, -0.15) is 0 Å². The van der Waals surface area contributed by atoms with Gasteiger partial charge in [0.15, 0.2) is 0 Å². The highest BCUT2D eigenvalue weighted by atomic mass is 16.6. The molecule has 1 heterocycles. The molecule has 0 bridgehead atoms. The average molecular weight is 295 g/mol. The fraction of sp³-hybridized carbons (Fsp3) is 0.538. The van der Waals surface area contributed by atoms with E-state index < -0.39 is 4.92 Å². The van der Waals surface area contributed by atoms with Gasteiger partial charge in [0.25, 0.3) is 11.6 Å². The lowest BCUT2D eigenvalue weighted by molar-refractivity contribution is -0.385. The van der Waals surface area contributed by atoms with Gasteiger partial charge in [-0.25, -0.2) is 4.98 Å². The molecule has 21 heavy (non-hydrogen) atoms. The van der Waals surface area contributed by atoms with Gasteiger partial charge in [0.2, 0.25) is 0 Å². The van der Waals surface area contributed by atoms with E-state index in [0.29, 0.717) is 18.9 Å². The van der Waals surface area contributed by atoms with Crippen molar-refractivity contribution in [3.63, 3.8) is 0 Å². The van der Waals surface area contributed by atoms with Crippen LogP contribution in [0.1, 0.15) is 24.2 Å². The highest BCUT2D eigenvalue weighted by molar-refractivity contribution is 5.99. The highest BCUT2D eigenvalue weighted by Gasteiger charge is 2.19. The lowest BCUT2D eigenvalue weighted by atomic mass is 10.2. The zero-order chi connectivity index (χ0) is 16.0. The minimum Gasteiger partial charge on any atom is -0.370 e. The molecule has 0 aliphatic carbocycles. The molecule has 0 aromatic carbocycles. The van der Waals surface area contributed by atoms with Gasteiger partial charge in [0, 0.05) is 25.2 Å². The number of nitro groups is 1. The normalized spacial score (nSPS) is 12.0. The van der Waals surface area contributed by atoms with Crippen molar-refractivity contribution in [2.45, 2.75) is 19.9 Å². The molecule has 0 aliphatic rings. The number of carbonyl (C=O) groups is 1. The molecule has 116 valence electrons. The largest absolute Gasteiger partial charge is 0.370 e. The minimum absolute atomic E-state index is 0.0822. The van der Waals surface area contributed by atoms with E-state index in [1.165, 1.54) is 6.07 Å². The van der Waals surface area contributed by atoms with E-state index in [4.69, 9.17) is 0 Å². The summed E-state index contributed by atoms with van der Waals surface area (Å²) in [7, 11) is 3.81. The number of hydrogen-bond donors (Lipinski definition) is 2. The van der Waals surface area contributed by atoms with Crippen LogP contribution in [0.25, 0.3) is 0 Å². The monoisotopic (exact) mass is 295 g/mol. The number of carbonyl (C=O) groups excluding carboxylic acids is 1. The fourth-order valence-electron chi connectivity index (χ4n) is 1.93. The highest BCUT2D eigenvalue weighted by Crippen LogP contribution is 2.19. The number of nitrogens with one attached hydrogen (secondary N) is 2. The van der Waals surface area contributed by atoms with Crippen molar-refractivity contribution in [3.8, 4) is 0 Å². The zero-order valence-corrected chi connectivity index (χ0v) is 12.7. The first-order chi connectivity index (χ1) is 9.85. The van der Waals surface area contributed by atoms with Gasteiger partial charge in [-0.1, -0.05) is 0 Å². The van der Waals surface area contributed by atoms with Crippen molar-refractivity contribution >= 4 is 17.4 Å². The van der Waals surface area contributed by atoms with Gasteiger partial charge in [-0.3, -0.25) is 14.9 Å². The van der Waals surface area contributed by atoms with Crippen LogP contribution in [-0.4, -0.2) is 53.9 Å². The molecule has 1 amide bonds. The Labute approximate surface area is 123 Å². The Morgan fingerprint density at radius 2 is 2.19 bits per heavy atom. The van der Waals surface area contributed by atoms with Crippen LogP contribution >= 0.6 is 0 Å². The number of aromatic nitrogens is 1. The molecule has 1 atom stereocenters. The molecule has 0 spiro atoms. The van der Waals surface area contributed by atoms with Crippen molar-refractivity contribution in [3.05, 3.63) is 27.9 Å². The Balaban J connectivity index is 2.99. The zero-order valence-electron chi connectivity index (χ0n) is 12.7. The third-order valence-corrected chi connectivity index (χ3v) is 2.69. The summed E-state index contributed by atoms with van der Waals surface area (Å²) in [6, 6.07) is 1.16. The van der Waals surface area contributed by atoms with E-state index in [2.05, 4.69) is 15.6 Å². The number of anilines is 1. The molecule has 1 unspecified atom stereocenters. The lowest BCUT2D eigenvalue weighted by Crippen LogP contribution is -2.39. The summed E-state index contributed by atoms with van der Waals surface area (Å²) in [5.41, 5.74) is -0.0290. The Morgan fingerprint density at radius 1 is 1.52 bits per heavy atom.